The van der Waals surface area contributed by atoms with Crippen LogP contribution in [-0.4, -0.2) is 43.8 Å². The number of ether oxygens (including phenoxy) is 2. The van der Waals surface area contributed by atoms with Gasteiger partial charge in [0.2, 0.25) is 0 Å². The third kappa shape index (κ3) is 10.8. The molecular weight excluding hydrogens is 440 g/mol. The van der Waals surface area contributed by atoms with E-state index in [1.165, 1.54) is 12.1 Å². The van der Waals surface area contributed by atoms with E-state index in [9.17, 15) is 9.18 Å². The molecule has 0 heterocycles. The highest BCUT2D eigenvalue weighted by atomic mass is 127. The number of nitrogens with one attached hydrogen (secondary N) is 2. The number of nitrogens with zero attached hydrogens (tertiary/aromatic N) is 1. The Labute approximate surface area is 165 Å². The second-order valence-electron chi connectivity index (χ2n) is 6.28. The third-order valence-electron chi connectivity index (χ3n) is 2.75. The van der Waals surface area contributed by atoms with Gasteiger partial charge in [-0.3, -0.25) is 9.79 Å². The van der Waals surface area contributed by atoms with E-state index in [0.29, 0.717) is 18.3 Å². The number of carbonyl (C=O) groups excluding carboxylic acids is 1. The zero-order chi connectivity index (χ0) is 18.2. The van der Waals surface area contributed by atoms with Gasteiger partial charge in [0.1, 0.15) is 29.8 Å². The summed E-state index contributed by atoms with van der Waals surface area (Å²) in [5.41, 5.74) is -0.521. The molecule has 1 aromatic rings. The van der Waals surface area contributed by atoms with E-state index >= 15 is 0 Å². The zero-order valence-corrected chi connectivity index (χ0v) is 17.6. The summed E-state index contributed by atoms with van der Waals surface area (Å²) < 4.78 is 23.7. The number of hydrogen-bond acceptors (Lipinski definition) is 4. The Kier molecular flexibility index (Phi) is 10.4. The number of aliphatic imine (C=N–C) groups is 1. The molecule has 1 rings (SSSR count). The van der Waals surface area contributed by atoms with Crippen LogP contribution in [0.15, 0.2) is 29.3 Å². The van der Waals surface area contributed by atoms with Gasteiger partial charge in [0, 0.05) is 7.05 Å². The second-order valence-corrected chi connectivity index (χ2v) is 6.28. The highest BCUT2D eigenvalue weighted by Crippen LogP contribution is 2.12. The molecule has 0 aliphatic heterocycles. The minimum atomic E-state index is -0.521. The Morgan fingerprint density at radius 3 is 2.36 bits per heavy atom. The van der Waals surface area contributed by atoms with Crippen molar-refractivity contribution in [3.8, 4) is 5.75 Å². The molecule has 0 bridgehead atoms. The summed E-state index contributed by atoms with van der Waals surface area (Å²) >= 11 is 0. The first-order valence-electron chi connectivity index (χ1n) is 7.78. The molecule has 2 N–H and O–H groups in total. The van der Waals surface area contributed by atoms with E-state index in [1.54, 1.807) is 19.2 Å². The summed E-state index contributed by atoms with van der Waals surface area (Å²) in [6, 6.07) is 5.83. The predicted octanol–water partition coefficient (Wildman–Crippen LogP) is 2.72. The first-order chi connectivity index (χ1) is 11.2. The average molecular weight is 467 g/mol. The van der Waals surface area contributed by atoms with Gasteiger partial charge < -0.3 is 20.1 Å². The lowest BCUT2D eigenvalue weighted by Crippen LogP contribution is -2.44. The van der Waals surface area contributed by atoms with Crippen molar-refractivity contribution in [3.05, 3.63) is 30.1 Å². The molecule has 1 unspecified atom stereocenters. The number of hydrogen-bond donors (Lipinski definition) is 2. The van der Waals surface area contributed by atoms with Crippen LogP contribution < -0.4 is 15.4 Å². The van der Waals surface area contributed by atoms with Crippen LogP contribution in [0.1, 0.15) is 27.7 Å². The van der Waals surface area contributed by atoms with Crippen molar-refractivity contribution in [3.63, 3.8) is 0 Å². The first kappa shape index (κ1) is 23.4. The summed E-state index contributed by atoms with van der Waals surface area (Å²) in [4.78, 5) is 15.7. The van der Waals surface area contributed by atoms with Gasteiger partial charge in [0.15, 0.2) is 5.96 Å². The van der Waals surface area contributed by atoms with Crippen LogP contribution in [0.25, 0.3) is 0 Å². The Hall–Kier alpha value is -1.58. The smallest absolute Gasteiger partial charge is 0.325 e. The maximum absolute atomic E-state index is 12.8. The van der Waals surface area contributed by atoms with Crippen molar-refractivity contribution in [2.75, 3.05) is 20.1 Å². The fourth-order valence-corrected chi connectivity index (χ4v) is 1.78. The number of rotatable bonds is 6. The first-order valence-corrected chi connectivity index (χ1v) is 7.78. The van der Waals surface area contributed by atoms with Gasteiger partial charge >= 0.3 is 5.97 Å². The highest BCUT2D eigenvalue weighted by Gasteiger charge is 2.16. The molecule has 6 nitrogen and oxygen atoms in total. The van der Waals surface area contributed by atoms with Crippen molar-refractivity contribution in [1.82, 2.24) is 10.6 Å². The molecule has 0 fully saturated rings. The van der Waals surface area contributed by atoms with E-state index in [4.69, 9.17) is 9.47 Å². The molecule has 8 heteroatoms. The van der Waals surface area contributed by atoms with Gasteiger partial charge in [0.25, 0.3) is 0 Å². The number of benzene rings is 1. The molecular formula is C17H27FIN3O3. The fourth-order valence-electron chi connectivity index (χ4n) is 1.78. The van der Waals surface area contributed by atoms with E-state index < -0.39 is 5.60 Å². The van der Waals surface area contributed by atoms with Gasteiger partial charge in [0.05, 0.1) is 6.54 Å². The molecule has 0 saturated heterocycles. The van der Waals surface area contributed by atoms with Crippen molar-refractivity contribution in [1.29, 1.82) is 0 Å². The van der Waals surface area contributed by atoms with E-state index in [0.717, 1.165) is 0 Å². The SMILES string of the molecule is CN=C(NCC(=O)OC(C)(C)C)NCC(C)Oc1ccc(F)cc1.I. The molecule has 1 atom stereocenters. The van der Waals surface area contributed by atoms with Gasteiger partial charge in [-0.05, 0) is 52.0 Å². The summed E-state index contributed by atoms with van der Waals surface area (Å²) in [5, 5.41) is 5.93. The fraction of sp³-hybridized carbons (Fsp3) is 0.529. The summed E-state index contributed by atoms with van der Waals surface area (Å²) in [5.74, 6) is 0.388. The Morgan fingerprint density at radius 1 is 1.24 bits per heavy atom. The minimum absolute atomic E-state index is 0. The molecule has 142 valence electrons. The van der Waals surface area contributed by atoms with Crippen molar-refractivity contribution >= 4 is 35.9 Å². The predicted molar refractivity (Wildman–Crippen MR) is 107 cm³/mol. The Balaban J connectivity index is 0.00000576. The summed E-state index contributed by atoms with van der Waals surface area (Å²) in [7, 11) is 1.61. The quantitative estimate of drug-likeness (QED) is 0.292. The zero-order valence-electron chi connectivity index (χ0n) is 15.3. The van der Waals surface area contributed by atoms with Crippen LogP contribution in [0.4, 0.5) is 4.39 Å². The van der Waals surface area contributed by atoms with Crippen LogP contribution in [-0.2, 0) is 9.53 Å². The van der Waals surface area contributed by atoms with Gasteiger partial charge in [-0.25, -0.2) is 4.39 Å². The lowest BCUT2D eigenvalue weighted by molar-refractivity contribution is -0.153. The van der Waals surface area contributed by atoms with Crippen molar-refractivity contribution < 1.29 is 18.7 Å². The van der Waals surface area contributed by atoms with Gasteiger partial charge in [-0.1, -0.05) is 0 Å². The van der Waals surface area contributed by atoms with Crippen molar-refractivity contribution in [2.45, 2.75) is 39.4 Å². The summed E-state index contributed by atoms with van der Waals surface area (Å²) in [6.07, 6.45) is -0.171. The molecule has 0 aliphatic rings. The van der Waals surface area contributed by atoms with Crippen LogP contribution in [0.2, 0.25) is 0 Å². The van der Waals surface area contributed by atoms with E-state index in [-0.39, 0.29) is 48.4 Å². The maximum atomic E-state index is 12.8. The largest absolute Gasteiger partial charge is 0.489 e. The molecule has 1 aromatic carbocycles. The van der Waals surface area contributed by atoms with Gasteiger partial charge in [-0.2, -0.15) is 0 Å². The maximum Gasteiger partial charge on any atom is 0.325 e. The highest BCUT2D eigenvalue weighted by molar-refractivity contribution is 14.0. The monoisotopic (exact) mass is 467 g/mol. The second kappa shape index (κ2) is 11.1. The van der Waals surface area contributed by atoms with Crippen LogP contribution in [0, 0.1) is 5.82 Å². The number of esters is 1. The van der Waals surface area contributed by atoms with Gasteiger partial charge in [-0.15, -0.1) is 24.0 Å². The van der Waals surface area contributed by atoms with E-state index in [1.807, 2.05) is 27.7 Å². The average Bonchev–Trinajstić information content (AvgIpc) is 2.48. The molecule has 0 aromatic heterocycles. The van der Waals surface area contributed by atoms with E-state index in [2.05, 4.69) is 15.6 Å². The molecule has 0 amide bonds. The lowest BCUT2D eigenvalue weighted by atomic mass is 10.2. The van der Waals surface area contributed by atoms with Crippen LogP contribution in [0.5, 0.6) is 5.75 Å². The summed E-state index contributed by atoms with van der Waals surface area (Å²) in [6.45, 7) is 7.79. The molecule has 25 heavy (non-hydrogen) atoms. The minimum Gasteiger partial charge on any atom is -0.489 e. The normalized spacial score (nSPS) is 12.6. The number of carbonyl (C=O) groups is 1. The topological polar surface area (TPSA) is 72.0 Å². The molecule has 0 radical (unpaired) electrons. The third-order valence-corrected chi connectivity index (χ3v) is 2.75. The van der Waals surface area contributed by atoms with Crippen LogP contribution in [0.3, 0.4) is 0 Å². The van der Waals surface area contributed by atoms with Crippen LogP contribution >= 0.6 is 24.0 Å². The van der Waals surface area contributed by atoms with Crippen molar-refractivity contribution in [2.24, 2.45) is 4.99 Å². The standard InChI is InChI=1S/C17H26FN3O3.HI/c1-12(23-14-8-6-13(18)7-9-14)10-20-16(19-5)21-11-15(22)24-17(2,3)4;/h6-9,12H,10-11H2,1-5H3,(H2,19,20,21);1H. The Bertz CT molecular complexity index is 559. The molecule has 0 aliphatic carbocycles. The number of guanidine groups is 1. The lowest BCUT2D eigenvalue weighted by Gasteiger charge is -2.20. The molecule has 0 spiro atoms. The number of halogens is 2. The Morgan fingerprint density at radius 2 is 1.84 bits per heavy atom. The molecule has 0 saturated carbocycles.